The van der Waals surface area contributed by atoms with E-state index in [0.29, 0.717) is 14.8 Å². The molecule has 6 heteroatoms. The topological polar surface area (TPSA) is 49.4 Å². The summed E-state index contributed by atoms with van der Waals surface area (Å²) in [6.07, 6.45) is 2.55. The molecule has 1 N–H and O–H groups in total. The zero-order chi connectivity index (χ0) is 16.2. The predicted molar refractivity (Wildman–Crippen MR) is 96.9 cm³/mol. The van der Waals surface area contributed by atoms with Crippen LogP contribution in [0.5, 0.6) is 0 Å². The Labute approximate surface area is 143 Å². The van der Waals surface area contributed by atoms with Gasteiger partial charge in [0, 0.05) is 5.56 Å². The van der Waals surface area contributed by atoms with Crippen LogP contribution in [0.1, 0.15) is 15.9 Å². The highest BCUT2D eigenvalue weighted by atomic mass is 32.2. The zero-order valence-corrected chi connectivity index (χ0v) is 13.6. The fourth-order valence-corrected chi connectivity index (χ4v) is 3.21. The second-order valence-corrected chi connectivity index (χ2v) is 6.46. The van der Waals surface area contributed by atoms with Crippen LogP contribution in [0.3, 0.4) is 0 Å². The molecule has 0 aliphatic carbocycles. The number of hydrogen-bond acceptors (Lipinski definition) is 5. The summed E-state index contributed by atoms with van der Waals surface area (Å²) in [5.74, 6) is -0.191. The molecule has 3 rings (SSSR count). The smallest absolute Gasteiger partial charge is 0.285 e. The number of rotatable bonds is 4. The molecule has 0 bridgehead atoms. The maximum absolute atomic E-state index is 12.5. The number of aldehydes is 1. The van der Waals surface area contributed by atoms with Gasteiger partial charge in [-0.05, 0) is 36.0 Å². The van der Waals surface area contributed by atoms with Crippen molar-refractivity contribution in [3.05, 3.63) is 70.6 Å². The SMILES string of the molecule is O=Cc1ccc(/C=C2\SC(=S)N(Nc3ccccc3)C2=O)cc1. The molecule has 1 aliphatic rings. The lowest BCUT2D eigenvalue weighted by Gasteiger charge is -2.16. The van der Waals surface area contributed by atoms with Crippen LogP contribution in [0.15, 0.2) is 59.5 Å². The third-order valence-electron chi connectivity index (χ3n) is 3.18. The second kappa shape index (κ2) is 6.76. The summed E-state index contributed by atoms with van der Waals surface area (Å²) in [5.41, 5.74) is 5.24. The van der Waals surface area contributed by atoms with Crippen LogP contribution in [-0.2, 0) is 4.79 Å². The van der Waals surface area contributed by atoms with E-state index >= 15 is 0 Å². The minimum atomic E-state index is -0.191. The Balaban J connectivity index is 1.79. The Morgan fingerprint density at radius 1 is 1.00 bits per heavy atom. The monoisotopic (exact) mass is 340 g/mol. The van der Waals surface area contributed by atoms with Gasteiger partial charge in [-0.2, -0.15) is 0 Å². The quantitative estimate of drug-likeness (QED) is 0.522. The van der Waals surface area contributed by atoms with Gasteiger partial charge in [-0.3, -0.25) is 15.0 Å². The molecule has 0 spiro atoms. The molecule has 4 nitrogen and oxygen atoms in total. The van der Waals surface area contributed by atoms with Crippen molar-refractivity contribution in [2.45, 2.75) is 0 Å². The Morgan fingerprint density at radius 3 is 2.30 bits per heavy atom. The van der Waals surface area contributed by atoms with E-state index in [1.54, 1.807) is 30.3 Å². The summed E-state index contributed by atoms with van der Waals surface area (Å²) in [6, 6.07) is 16.4. The number of anilines is 1. The highest BCUT2D eigenvalue weighted by molar-refractivity contribution is 8.26. The number of nitrogens with one attached hydrogen (secondary N) is 1. The van der Waals surface area contributed by atoms with Crippen molar-refractivity contribution in [2.24, 2.45) is 0 Å². The van der Waals surface area contributed by atoms with Crippen LogP contribution in [-0.4, -0.2) is 21.5 Å². The molecule has 1 fully saturated rings. The van der Waals surface area contributed by atoms with E-state index in [4.69, 9.17) is 12.2 Å². The molecule has 0 aromatic heterocycles. The first-order valence-corrected chi connectivity index (χ1v) is 8.05. The number of hydrazine groups is 1. The fourth-order valence-electron chi connectivity index (χ4n) is 2.03. The van der Waals surface area contributed by atoms with E-state index in [-0.39, 0.29) is 5.91 Å². The number of amides is 1. The summed E-state index contributed by atoms with van der Waals surface area (Å²) in [5, 5.41) is 1.36. The normalized spacial score (nSPS) is 16.0. The highest BCUT2D eigenvalue weighted by Crippen LogP contribution is 2.32. The van der Waals surface area contributed by atoms with Crippen molar-refractivity contribution in [2.75, 3.05) is 5.43 Å². The van der Waals surface area contributed by atoms with Gasteiger partial charge in [0.05, 0.1) is 10.6 Å². The molecule has 23 heavy (non-hydrogen) atoms. The standard InChI is InChI=1S/C17H12N2O2S2/c20-11-13-8-6-12(7-9-13)10-15-16(21)19(17(22)23-15)18-14-4-2-1-3-5-14/h1-11,18H/b15-10-. The molecule has 0 atom stereocenters. The summed E-state index contributed by atoms with van der Waals surface area (Å²) < 4.78 is 0.453. The molecular formula is C17H12N2O2S2. The van der Waals surface area contributed by atoms with Gasteiger partial charge in [0.25, 0.3) is 5.91 Å². The van der Waals surface area contributed by atoms with E-state index in [1.165, 1.54) is 16.8 Å². The Morgan fingerprint density at radius 2 is 1.65 bits per heavy atom. The lowest BCUT2D eigenvalue weighted by molar-refractivity contribution is -0.121. The molecule has 1 aliphatic heterocycles. The van der Waals surface area contributed by atoms with Gasteiger partial charge in [0.15, 0.2) is 4.32 Å². The average Bonchev–Trinajstić information content (AvgIpc) is 2.84. The highest BCUT2D eigenvalue weighted by Gasteiger charge is 2.32. The van der Waals surface area contributed by atoms with Crippen molar-refractivity contribution in [3.63, 3.8) is 0 Å². The first-order chi connectivity index (χ1) is 11.2. The van der Waals surface area contributed by atoms with Crippen LogP contribution in [0.25, 0.3) is 6.08 Å². The van der Waals surface area contributed by atoms with Gasteiger partial charge in [0.2, 0.25) is 0 Å². The molecule has 1 amide bonds. The molecular weight excluding hydrogens is 328 g/mol. The molecule has 0 radical (unpaired) electrons. The number of carbonyl (C=O) groups excluding carboxylic acids is 2. The van der Waals surface area contributed by atoms with Gasteiger partial charge in [0.1, 0.15) is 6.29 Å². The van der Waals surface area contributed by atoms with Crippen molar-refractivity contribution in [1.29, 1.82) is 0 Å². The first-order valence-electron chi connectivity index (χ1n) is 6.82. The summed E-state index contributed by atoms with van der Waals surface area (Å²) in [7, 11) is 0. The lowest BCUT2D eigenvalue weighted by Crippen LogP contribution is -2.33. The van der Waals surface area contributed by atoms with Gasteiger partial charge in [-0.25, -0.2) is 5.01 Å². The van der Waals surface area contributed by atoms with Crippen LogP contribution in [0, 0.1) is 0 Å². The molecule has 1 heterocycles. The van der Waals surface area contributed by atoms with Crippen LogP contribution < -0.4 is 5.43 Å². The Kier molecular flexibility index (Phi) is 4.55. The first kappa shape index (κ1) is 15.5. The molecule has 2 aromatic carbocycles. The van der Waals surface area contributed by atoms with E-state index in [2.05, 4.69) is 5.43 Å². The third kappa shape index (κ3) is 3.49. The minimum Gasteiger partial charge on any atom is -0.298 e. The lowest BCUT2D eigenvalue weighted by atomic mass is 10.1. The van der Waals surface area contributed by atoms with Crippen molar-refractivity contribution >= 4 is 52.3 Å². The number of thioether (sulfide) groups is 1. The Hall–Kier alpha value is -2.44. The average molecular weight is 340 g/mol. The third-order valence-corrected chi connectivity index (χ3v) is 4.48. The number of carbonyl (C=O) groups is 2. The van der Waals surface area contributed by atoms with Crippen LogP contribution in [0.4, 0.5) is 5.69 Å². The summed E-state index contributed by atoms with van der Waals surface area (Å²) >= 11 is 6.51. The van der Waals surface area contributed by atoms with Crippen molar-refractivity contribution < 1.29 is 9.59 Å². The van der Waals surface area contributed by atoms with Gasteiger partial charge < -0.3 is 0 Å². The van der Waals surface area contributed by atoms with Gasteiger partial charge >= 0.3 is 0 Å². The zero-order valence-electron chi connectivity index (χ0n) is 11.9. The predicted octanol–water partition coefficient (Wildman–Crippen LogP) is 3.73. The van der Waals surface area contributed by atoms with E-state index in [1.807, 2.05) is 30.3 Å². The van der Waals surface area contributed by atoms with Crippen LogP contribution in [0.2, 0.25) is 0 Å². The maximum Gasteiger partial charge on any atom is 0.285 e. The maximum atomic E-state index is 12.5. The number of para-hydroxylation sites is 1. The van der Waals surface area contributed by atoms with Gasteiger partial charge in [-0.1, -0.05) is 54.2 Å². The summed E-state index contributed by atoms with van der Waals surface area (Å²) in [4.78, 5) is 23.7. The molecule has 114 valence electrons. The van der Waals surface area contributed by atoms with Crippen molar-refractivity contribution in [1.82, 2.24) is 5.01 Å². The van der Waals surface area contributed by atoms with E-state index in [0.717, 1.165) is 17.5 Å². The largest absolute Gasteiger partial charge is 0.298 e. The van der Waals surface area contributed by atoms with E-state index in [9.17, 15) is 9.59 Å². The number of thiocarbonyl (C=S) groups is 1. The number of nitrogens with zero attached hydrogens (tertiary/aromatic N) is 1. The van der Waals surface area contributed by atoms with Crippen LogP contribution >= 0.6 is 24.0 Å². The molecule has 0 unspecified atom stereocenters. The van der Waals surface area contributed by atoms with Crippen molar-refractivity contribution in [3.8, 4) is 0 Å². The number of benzene rings is 2. The van der Waals surface area contributed by atoms with E-state index < -0.39 is 0 Å². The molecule has 2 aromatic rings. The Bertz CT molecular complexity index is 786. The van der Waals surface area contributed by atoms with Gasteiger partial charge in [-0.15, -0.1) is 0 Å². The molecule has 0 saturated carbocycles. The summed E-state index contributed by atoms with van der Waals surface area (Å²) in [6.45, 7) is 0. The molecule has 1 saturated heterocycles. The second-order valence-electron chi connectivity index (χ2n) is 4.78. The fraction of sp³-hybridized carbons (Fsp3) is 0. The number of hydrogen-bond donors (Lipinski definition) is 1. The minimum absolute atomic E-state index is 0.191.